The molecule has 1 aromatic rings. The van der Waals surface area contributed by atoms with Gasteiger partial charge >= 0.3 is 0 Å². The molecule has 0 aromatic carbocycles. The van der Waals surface area contributed by atoms with Crippen LogP contribution in [-0.2, 0) is 7.05 Å². The Labute approximate surface area is 82.3 Å². The molecule has 2 atom stereocenters. The van der Waals surface area contributed by atoms with Gasteiger partial charge < -0.3 is 5.11 Å². The standard InChI is InChI=1S/C9H13ClN2O/c1-12-9(7(10)5-11-12)6-3-2-4-8(6)13/h5-6,8,13H,2-4H2,1H3/t6-,8-/m1/s1. The lowest BCUT2D eigenvalue weighted by Gasteiger charge is -2.14. The first-order valence-corrected chi connectivity index (χ1v) is 4.93. The van der Waals surface area contributed by atoms with E-state index in [4.69, 9.17) is 11.6 Å². The smallest absolute Gasteiger partial charge is 0.0821 e. The topological polar surface area (TPSA) is 38.0 Å². The van der Waals surface area contributed by atoms with Crippen LogP contribution in [0.15, 0.2) is 6.20 Å². The lowest BCUT2D eigenvalue weighted by atomic mass is 10.0. The van der Waals surface area contributed by atoms with Gasteiger partial charge in [0.1, 0.15) is 0 Å². The molecule has 13 heavy (non-hydrogen) atoms. The number of nitrogens with zero attached hydrogens (tertiary/aromatic N) is 2. The lowest BCUT2D eigenvalue weighted by molar-refractivity contribution is 0.160. The fourth-order valence-corrected chi connectivity index (χ4v) is 2.40. The van der Waals surface area contributed by atoms with Gasteiger partial charge in [-0.15, -0.1) is 0 Å². The van der Waals surface area contributed by atoms with Crippen LogP contribution in [0.4, 0.5) is 0 Å². The van der Waals surface area contributed by atoms with Crippen molar-refractivity contribution in [2.24, 2.45) is 7.05 Å². The molecule has 0 saturated heterocycles. The third kappa shape index (κ3) is 1.46. The first-order valence-electron chi connectivity index (χ1n) is 4.55. The Morgan fingerprint density at radius 2 is 2.38 bits per heavy atom. The van der Waals surface area contributed by atoms with E-state index < -0.39 is 0 Å². The maximum atomic E-state index is 9.71. The highest BCUT2D eigenvalue weighted by Gasteiger charge is 2.30. The van der Waals surface area contributed by atoms with E-state index in [9.17, 15) is 5.11 Å². The maximum Gasteiger partial charge on any atom is 0.0821 e. The summed E-state index contributed by atoms with van der Waals surface area (Å²) in [7, 11) is 1.87. The van der Waals surface area contributed by atoms with Gasteiger partial charge in [0, 0.05) is 13.0 Å². The molecule has 1 aromatic heterocycles. The van der Waals surface area contributed by atoms with Gasteiger partial charge in [-0.05, 0) is 12.8 Å². The molecular formula is C9H13ClN2O. The summed E-state index contributed by atoms with van der Waals surface area (Å²) in [4.78, 5) is 0. The van der Waals surface area contributed by atoms with Crippen LogP contribution in [0.1, 0.15) is 30.9 Å². The first kappa shape index (κ1) is 9.03. The zero-order valence-electron chi connectivity index (χ0n) is 7.57. The summed E-state index contributed by atoms with van der Waals surface area (Å²) >= 11 is 6.00. The van der Waals surface area contributed by atoms with E-state index in [1.165, 1.54) is 0 Å². The van der Waals surface area contributed by atoms with Crippen LogP contribution in [0.3, 0.4) is 0 Å². The van der Waals surface area contributed by atoms with Crippen LogP contribution in [0, 0.1) is 0 Å². The van der Waals surface area contributed by atoms with Crippen molar-refractivity contribution in [1.29, 1.82) is 0 Å². The Hall–Kier alpha value is -0.540. The van der Waals surface area contributed by atoms with Gasteiger partial charge in [0.2, 0.25) is 0 Å². The fourth-order valence-electron chi connectivity index (χ4n) is 2.10. The Bertz CT molecular complexity index is 291. The lowest BCUT2D eigenvalue weighted by Crippen LogP contribution is -2.15. The summed E-state index contributed by atoms with van der Waals surface area (Å²) in [5.74, 6) is 0.181. The van der Waals surface area contributed by atoms with Crippen molar-refractivity contribution in [3.8, 4) is 0 Å². The van der Waals surface area contributed by atoms with Crippen molar-refractivity contribution in [2.45, 2.75) is 31.3 Å². The average Bonchev–Trinajstić information content (AvgIpc) is 2.60. The van der Waals surface area contributed by atoms with Gasteiger partial charge in [-0.1, -0.05) is 18.0 Å². The number of halogens is 1. The average molecular weight is 201 g/mol. The van der Waals surface area contributed by atoms with Gasteiger partial charge in [0.05, 0.1) is 23.0 Å². The molecular weight excluding hydrogens is 188 g/mol. The highest BCUT2D eigenvalue weighted by atomic mass is 35.5. The third-order valence-electron chi connectivity index (χ3n) is 2.77. The molecule has 0 unspecified atom stereocenters. The molecule has 0 bridgehead atoms. The normalized spacial score (nSPS) is 28.2. The van der Waals surface area contributed by atoms with Gasteiger partial charge in [-0.3, -0.25) is 4.68 Å². The van der Waals surface area contributed by atoms with Crippen molar-refractivity contribution in [3.05, 3.63) is 16.9 Å². The summed E-state index contributed by atoms with van der Waals surface area (Å²) < 4.78 is 1.77. The maximum absolute atomic E-state index is 9.71. The van der Waals surface area contributed by atoms with E-state index in [0.29, 0.717) is 5.02 Å². The Kier molecular flexibility index (Phi) is 2.30. The number of hydrogen-bond acceptors (Lipinski definition) is 2. The number of rotatable bonds is 1. The molecule has 1 saturated carbocycles. The Balaban J connectivity index is 2.33. The van der Waals surface area contributed by atoms with Crippen molar-refractivity contribution in [1.82, 2.24) is 9.78 Å². The minimum absolute atomic E-state index is 0.181. The number of hydrogen-bond donors (Lipinski definition) is 1. The second-order valence-electron chi connectivity index (χ2n) is 3.61. The highest BCUT2D eigenvalue weighted by Crippen LogP contribution is 2.37. The van der Waals surface area contributed by atoms with Gasteiger partial charge in [0.25, 0.3) is 0 Å². The fraction of sp³-hybridized carbons (Fsp3) is 0.667. The van der Waals surface area contributed by atoms with Crippen LogP contribution in [0.2, 0.25) is 5.02 Å². The van der Waals surface area contributed by atoms with E-state index in [0.717, 1.165) is 25.0 Å². The molecule has 0 spiro atoms. The van der Waals surface area contributed by atoms with E-state index in [1.54, 1.807) is 10.9 Å². The quantitative estimate of drug-likeness (QED) is 0.750. The van der Waals surface area contributed by atoms with Crippen molar-refractivity contribution < 1.29 is 5.11 Å². The summed E-state index contributed by atoms with van der Waals surface area (Å²) in [5, 5.41) is 14.5. The second kappa shape index (κ2) is 3.31. The van der Waals surface area contributed by atoms with Crippen LogP contribution < -0.4 is 0 Å². The molecule has 1 N–H and O–H groups in total. The highest BCUT2D eigenvalue weighted by molar-refractivity contribution is 6.31. The zero-order valence-corrected chi connectivity index (χ0v) is 8.33. The summed E-state index contributed by atoms with van der Waals surface area (Å²) in [5.41, 5.74) is 0.978. The number of aryl methyl sites for hydroxylation is 1. The minimum Gasteiger partial charge on any atom is -0.392 e. The van der Waals surface area contributed by atoms with Crippen molar-refractivity contribution >= 4 is 11.6 Å². The monoisotopic (exact) mass is 200 g/mol. The Morgan fingerprint density at radius 1 is 1.62 bits per heavy atom. The molecule has 72 valence electrons. The third-order valence-corrected chi connectivity index (χ3v) is 3.06. The number of aliphatic hydroxyl groups is 1. The zero-order chi connectivity index (χ0) is 9.42. The number of aliphatic hydroxyl groups excluding tert-OH is 1. The molecule has 0 radical (unpaired) electrons. The van der Waals surface area contributed by atoms with E-state index in [-0.39, 0.29) is 12.0 Å². The predicted molar refractivity (Wildman–Crippen MR) is 50.8 cm³/mol. The molecule has 1 heterocycles. The minimum atomic E-state index is -0.243. The SMILES string of the molecule is Cn1ncc(Cl)c1[C@@H]1CCC[C@H]1O. The van der Waals surface area contributed by atoms with Gasteiger partial charge in [-0.2, -0.15) is 5.10 Å². The van der Waals surface area contributed by atoms with E-state index in [2.05, 4.69) is 5.10 Å². The summed E-state index contributed by atoms with van der Waals surface area (Å²) in [6.07, 6.45) is 4.37. The molecule has 4 heteroatoms. The Morgan fingerprint density at radius 3 is 2.85 bits per heavy atom. The van der Waals surface area contributed by atoms with Crippen molar-refractivity contribution in [2.75, 3.05) is 0 Å². The summed E-state index contributed by atoms with van der Waals surface area (Å²) in [6.45, 7) is 0. The molecule has 1 aliphatic rings. The van der Waals surface area contributed by atoms with Crippen LogP contribution >= 0.6 is 11.6 Å². The van der Waals surface area contributed by atoms with E-state index >= 15 is 0 Å². The molecule has 0 amide bonds. The van der Waals surface area contributed by atoms with Crippen molar-refractivity contribution in [3.63, 3.8) is 0 Å². The largest absolute Gasteiger partial charge is 0.392 e. The molecule has 2 rings (SSSR count). The molecule has 3 nitrogen and oxygen atoms in total. The van der Waals surface area contributed by atoms with Crippen LogP contribution in [0.5, 0.6) is 0 Å². The molecule has 1 fully saturated rings. The van der Waals surface area contributed by atoms with Crippen LogP contribution in [-0.4, -0.2) is 21.0 Å². The molecule has 0 aliphatic heterocycles. The predicted octanol–water partition coefficient (Wildman–Crippen LogP) is 1.70. The summed E-state index contributed by atoms with van der Waals surface area (Å²) in [6, 6.07) is 0. The van der Waals surface area contributed by atoms with Gasteiger partial charge in [0.15, 0.2) is 0 Å². The first-order chi connectivity index (χ1) is 6.20. The second-order valence-corrected chi connectivity index (χ2v) is 4.01. The van der Waals surface area contributed by atoms with Gasteiger partial charge in [-0.25, -0.2) is 0 Å². The van der Waals surface area contributed by atoms with Crippen LogP contribution in [0.25, 0.3) is 0 Å². The molecule has 1 aliphatic carbocycles. The number of aromatic nitrogens is 2. The van der Waals surface area contributed by atoms with E-state index in [1.807, 2.05) is 7.05 Å².